The molecule has 0 saturated heterocycles. The van der Waals surface area contributed by atoms with Gasteiger partial charge in [0.25, 0.3) is 0 Å². The maximum absolute atomic E-state index is 5.54. The van der Waals surface area contributed by atoms with E-state index in [0.717, 1.165) is 36.1 Å². The van der Waals surface area contributed by atoms with Crippen LogP contribution in [0, 0.1) is 18.8 Å². The van der Waals surface area contributed by atoms with E-state index >= 15 is 0 Å². The fourth-order valence-corrected chi connectivity index (χ4v) is 5.24. The Morgan fingerprint density at radius 3 is 2.34 bits per heavy atom. The predicted octanol–water partition coefficient (Wildman–Crippen LogP) is 6.35. The molecule has 1 atom stereocenters. The zero-order valence-corrected chi connectivity index (χ0v) is 19.8. The molecule has 4 nitrogen and oxygen atoms in total. The van der Waals surface area contributed by atoms with E-state index < -0.39 is 0 Å². The van der Waals surface area contributed by atoms with E-state index in [2.05, 4.69) is 90.7 Å². The van der Waals surface area contributed by atoms with Crippen LogP contribution >= 0.6 is 0 Å². The van der Waals surface area contributed by atoms with Crippen LogP contribution in [0.5, 0.6) is 0 Å². The first-order chi connectivity index (χ1) is 15.6. The highest BCUT2D eigenvalue weighted by molar-refractivity contribution is 5.54. The third-order valence-electron chi connectivity index (χ3n) is 7.21. The Bertz CT molecular complexity index is 940. The van der Waals surface area contributed by atoms with Gasteiger partial charge in [-0.3, -0.25) is 0 Å². The topological polar surface area (TPSA) is 42.2 Å². The lowest BCUT2D eigenvalue weighted by atomic mass is 9.75. The van der Waals surface area contributed by atoms with Crippen LogP contribution in [0.4, 0.5) is 0 Å². The number of hydrogen-bond donors (Lipinski definition) is 0. The monoisotopic (exact) mass is 431 g/mol. The van der Waals surface area contributed by atoms with E-state index in [1.165, 1.54) is 49.7 Å². The lowest BCUT2D eigenvalue weighted by Gasteiger charge is -2.37. The molecule has 1 aliphatic rings. The molecular weight excluding hydrogens is 394 g/mol. The third kappa shape index (κ3) is 6.07. The van der Waals surface area contributed by atoms with E-state index in [0.29, 0.717) is 11.9 Å². The number of nitrogens with zero attached hydrogens (tertiary/aromatic N) is 3. The van der Waals surface area contributed by atoms with Crippen molar-refractivity contribution in [2.45, 2.75) is 64.3 Å². The minimum absolute atomic E-state index is 0.671. The van der Waals surface area contributed by atoms with Crippen LogP contribution in [0.15, 0.2) is 59.1 Å². The molecule has 32 heavy (non-hydrogen) atoms. The van der Waals surface area contributed by atoms with Gasteiger partial charge in [0.15, 0.2) is 0 Å². The van der Waals surface area contributed by atoms with E-state index in [4.69, 9.17) is 4.52 Å². The van der Waals surface area contributed by atoms with Gasteiger partial charge in [-0.05, 0) is 70.5 Å². The first-order valence-electron chi connectivity index (χ1n) is 12.2. The molecule has 170 valence electrons. The molecule has 1 aromatic heterocycles. The van der Waals surface area contributed by atoms with Crippen molar-refractivity contribution in [3.8, 4) is 11.4 Å². The summed E-state index contributed by atoms with van der Waals surface area (Å²) in [6.45, 7) is 2.09. The smallest absolute Gasteiger partial charge is 0.226 e. The van der Waals surface area contributed by atoms with Gasteiger partial charge >= 0.3 is 0 Å². The Hall–Kier alpha value is -2.46. The highest BCUT2D eigenvalue weighted by Crippen LogP contribution is 2.35. The molecule has 4 rings (SSSR count). The van der Waals surface area contributed by atoms with Crippen LogP contribution in [0.1, 0.15) is 55.5 Å². The van der Waals surface area contributed by atoms with Gasteiger partial charge in [-0.25, -0.2) is 0 Å². The van der Waals surface area contributed by atoms with Crippen molar-refractivity contribution in [1.29, 1.82) is 0 Å². The highest BCUT2D eigenvalue weighted by atomic mass is 16.5. The van der Waals surface area contributed by atoms with Gasteiger partial charge in [0.05, 0.1) is 0 Å². The molecule has 0 amide bonds. The first-order valence-corrected chi connectivity index (χ1v) is 12.2. The normalized spacial score (nSPS) is 19.9. The summed E-state index contributed by atoms with van der Waals surface area (Å²) in [7, 11) is 4.51. The maximum atomic E-state index is 5.54. The van der Waals surface area contributed by atoms with Crippen LogP contribution in [-0.2, 0) is 12.8 Å². The molecule has 0 aliphatic heterocycles. The van der Waals surface area contributed by atoms with Crippen molar-refractivity contribution in [2.75, 3.05) is 14.1 Å². The van der Waals surface area contributed by atoms with Gasteiger partial charge < -0.3 is 9.42 Å². The Labute approximate surface area is 193 Å². The number of hydrogen-bond acceptors (Lipinski definition) is 4. The fourth-order valence-electron chi connectivity index (χ4n) is 5.24. The summed E-state index contributed by atoms with van der Waals surface area (Å²) in [5.41, 5.74) is 3.72. The van der Waals surface area contributed by atoms with E-state index in [1.807, 2.05) is 0 Å². The molecule has 0 N–H and O–H groups in total. The summed E-state index contributed by atoms with van der Waals surface area (Å²) in [6, 6.07) is 19.9. The first kappa shape index (κ1) is 22.7. The standard InChI is InChI=1S/C28H37N3O/c1-21-9-15-25(16-10-21)28-29-27(32-30-28)20-14-23-11-17-24(18-12-23)26(31(2)3)19-13-22-7-5-4-6-8-22/h4-10,15-16,23-24,26H,11-14,17-20H2,1-3H3. The van der Waals surface area contributed by atoms with Crippen molar-refractivity contribution in [1.82, 2.24) is 15.0 Å². The SMILES string of the molecule is Cc1ccc(-c2noc(CCC3CCC(C(CCc4ccccc4)N(C)C)CC3)n2)cc1. The maximum Gasteiger partial charge on any atom is 0.226 e. The Kier molecular flexibility index (Phi) is 7.75. The molecule has 1 unspecified atom stereocenters. The molecule has 2 aromatic carbocycles. The van der Waals surface area contributed by atoms with Crippen molar-refractivity contribution in [2.24, 2.45) is 11.8 Å². The molecular formula is C28H37N3O. The summed E-state index contributed by atoms with van der Waals surface area (Å²) in [5.74, 6) is 3.06. The number of aryl methyl sites for hydroxylation is 3. The van der Waals surface area contributed by atoms with Crippen LogP contribution in [0.25, 0.3) is 11.4 Å². The van der Waals surface area contributed by atoms with E-state index in [1.54, 1.807) is 0 Å². The molecule has 1 aliphatic carbocycles. The Balaban J connectivity index is 1.24. The number of aromatic nitrogens is 2. The van der Waals surface area contributed by atoms with Crippen molar-refractivity contribution in [3.05, 3.63) is 71.6 Å². The van der Waals surface area contributed by atoms with Gasteiger partial charge in [0.2, 0.25) is 11.7 Å². The quantitative estimate of drug-likeness (QED) is 0.396. The average Bonchev–Trinajstić information content (AvgIpc) is 3.29. The molecule has 1 heterocycles. The Morgan fingerprint density at radius 2 is 1.66 bits per heavy atom. The number of rotatable bonds is 9. The summed E-state index contributed by atoms with van der Waals surface area (Å²) in [4.78, 5) is 7.09. The largest absolute Gasteiger partial charge is 0.339 e. The zero-order chi connectivity index (χ0) is 22.3. The van der Waals surface area contributed by atoms with Gasteiger partial charge in [0, 0.05) is 18.0 Å². The van der Waals surface area contributed by atoms with Crippen molar-refractivity contribution in [3.63, 3.8) is 0 Å². The zero-order valence-electron chi connectivity index (χ0n) is 19.8. The fraction of sp³-hybridized carbons (Fsp3) is 0.500. The minimum Gasteiger partial charge on any atom is -0.339 e. The van der Waals surface area contributed by atoms with Crippen molar-refractivity contribution >= 4 is 0 Å². The second kappa shape index (κ2) is 10.9. The molecule has 1 fully saturated rings. The minimum atomic E-state index is 0.671. The van der Waals surface area contributed by atoms with Crippen LogP contribution in [0.3, 0.4) is 0 Å². The highest BCUT2D eigenvalue weighted by Gasteiger charge is 2.28. The summed E-state index contributed by atoms with van der Waals surface area (Å²) in [6.07, 6.45) is 9.76. The lowest BCUT2D eigenvalue weighted by Crippen LogP contribution is -2.37. The van der Waals surface area contributed by atoms with Crippen molar-refractivity contribution < 1.29 is 4.52 Å². The van der Waals surface area contributed by atoms with E-state index in [9.17, 15) is 0 Å². The third-order valence-corrected chi connectivity index (χ3v) is 7.21. The summed E-state index contributed by atoms with van der Waals surface area (Å²) < 4.78 is 5.54. The Morgan fingerprint density at radius 1 is 0.938 bits per heavy atom. The van der Waals surface area contributed by atoms with Crippen LogP contribution < -0.4 is 0 Å². The molecule has 0 bridgehead atoms. The molecule has 0 radical (unpaired) electrons. The van der Waals surface area contributed by atoms with E-state index in [-0.39, 0.29) is 0 Å². The number of benzene rings is 2. The second-order valence-electron chi connectivity index (χ2n) is 9.75. The molecule has 4 heteroatoms. The van der Waals surface area contributed by atoms with Crippen LogP contribution in [0.2, 0.25) is 0 Å². The van der Waals surface area contributed by atoms with Gasteiger partial charge in [-0.1, -0.05) is 78.2 Å². The summed E-state index contributed by atoms with van der Waals surface area (Å²) >= 11 is 0. The summed E-state index contributed by atoms with van der Waals surface area (Å²) in [5, 5.41) is 4.19. The molecule has 0 spiro atoms. The second-order valence-corrected chi connectivity index (χ2v) is 9.75. The average molecular weight is 432 g/mol. The molecule has 1 saturated carbocycles. The molecule has 3 aromatic rings. The lowest BCUT2D eigenvalue weighted by molar-refractivity contribution is 0.137. The van der Waals surface area contributed by atoms with Crippen LogP contribution in [-0.4, -0.2) is 35.2 Å². The van der Waals surface area contributed by atoms with Gasteiger partial charge in [0.1, 0.15) is 0 Å². The predicted molar refractivity (Wildman–Crippen MR) is 130 cm³/mol. The van der Waals surface area contributed by atoms with Gasteiger partial charge in [-0.15, -0.1) is 0 Å². The van der Waals surface area contributed by atoms with Gasteiger partial charge in [-0.2, -0.15) is 4.98 Å².